The van der Waals surface area contributed by atoms with E-state index in [2.05, 4.69) is 18.5 Å². The van der Waals surface area contributed by atoms with Crippen LogP contribution < -0.4 is 5.32 Å². The number of nitrogens with zero attached hydrogens (tertiary/aromatic N) is 1. The smallest absolute Gasteiger partial charge is 0.255 e. The molecule has 1 aromatic rings. The Balaban J connectivity index is 1.84. The molecule has 1 saturated heterocycles. The van der Waals surface area contributed by atoms with Gasteiger partial charge < -0.3 is 10.2 Å². The number of nitrogens with one attached hydrogen (secondary N) is 1. The first-order valence-corrected chi connectivity index (χ1v) is 9.08. The van der Waals surface area contributed by atoms with Gasteiger partial charge in [0.2, 0.25) is 0 Å². The number of rotatable bonds is 5. The van der Waals surface area contributed by atoms with Crippen LogP contribution in [0.4, 0.5) is 0 Å². The lowest BCUT2D eigenvalue weighted by molar-refractivity contribution is 0.0705. The van der Waals surface area contributed by atoms with Crippen molar-refractivity contribution >= 4 is 29.3 Å². The minimum atomic E-state index is 0.0523. The van der Waals surface area contributed by atoms with E-state index in [1.54, 1.807) is 12.1 Å². The molecule has 3 nitrogen and oxygen atoms in total. The topological polar surface area (TPSA) is 32.3 Å². The number of piperidine rings is 1. The van der Waals surface area contributed by atoms with Gasteiger partial charge in [0, 0.05) is 30.9 Å². The second-order valence-corrected chi connectivity index (χ2v) is 7.18. The Morgan fingerprint density at radius 1 is 1.43 bits per heavy atom. The molecule has 1 heterocycles. The zero-order valence-corrected chi connectivity index (χ0v) is 14.2. The van der Waals surface area contributed by atoms with Crippen LogP contribution in [-0.4, -0.2) is 48.0 Å². The van der Waals surface area contributed by atoms with E-state index in [0.29, 0.717) is 21.9 Å². The van der Waals surface area contributed by atoms with Gasteiger partial charge in [0.15, 0.2) is 0 Å². The summed E-state index contributed by atoms with van der Waals surface area (Å²) in [7, 11) is 0. The van der Waals surface area contributed by atoms with Gasteiger partial charge in [-0.1, -0.05) is 30.7 Å². The van der Waals surface area contributed by atoms with Crippen molar-refractivity contribution in [1.29, 1.82) is 0 Å². The van der Waals surface area contributed by atoms with Gasteiger partial charge in [0.25, 0.3) is 5.91 Å². The van der Waals surface area contributed by atoms with Gasteiger partial charge in [-0.25, -0.2) is 0 Å². The van der Waals surface area contributed by atoms with Crippen LogP contribution in [-0.2, 0) is 0 Å². The summed E-state index contributed by atoms with van der Waals surface area (Å²) in [5.41, 5.74) is 0.613. The molecule has 1 aliphatic rings. The fraction of sp³-hybridized carbons (Fsp3) is 0.562. The standard InChI is InChI=1S/C16H23ClN2OS/c1-12(21-2)11-18-13-7-9-19(10-8-13)16(20)14-5-3-4-6-15(14)17/h3-6,12-13,18H,7-11H2,1-2H3/t12-/m1/s1. The van der Waals surface area contributed by atoms with Crippen molar-refractivity contribution in [2.24, 2.45) is 0 Å². The molecule has 0 aliphatic carbocycles. The van der Waals surface area contributed by atoms with Gasteiger partial charge in [-0.2, -0.15) is 11.8 Å². The Morgan fingerprint density at radius 3 is 2.71 bits per heavy atom. The van der Waals surface area contributed by atoms with Gasteiger partial charge in [-0.05, 0) is 31.2 Å². The summed E-state index contributed by atoms with van der Waals surface area (Å²) in [4.78, 5) is 14.4. The first kappa shape index (κ1) is 16.7. The number of amides is 1. The van der Waals surface area contributed by atoms with Gasteiger partial charge in [0.1, 0.15) is 0 Å². The third-order valence-corrected chi connectivity index (χ3v) is 5.28. The molecule has 1 aliphatic heterocycles. The van der Waals surface area contributed by atoms with Gasteiger partial charge >= 0.3 is 0 Å². The van der Waals surface area contributed by atoms with Gasteiger partial charge in [0.05, 0.1) is 10.6 Å². The number of likely N-dealkylation sites (tertiary alicyclic amines) is 1. The molecule has 1 N–H and O–H groups in total. The summed E-state index contributed by atoms with van der Waals surface area (Å²) in [6, 6.07) is 7.80. The van der Waals surface area contributed by atoms with Crippen molar-refractivity contribution in [3.05, 3.63) is 34.9 Å². The highest BCUT2D eigenvalue weighted by atomic mass is 35.5. The lowest BCUT2D eigenvalue weighted by Crippen LogP contribution is -2.46. The SMILES string of the molecule is CS[C@H](C)CNC1CCN(C(=O)c2ccccc2Cl)CC1. The van der Waals surface area contributed by atoms with Crippen molar-refractivity contribution < 1.29 is 4.79 Å². The Bertz CT molecular complexity index is 475. The van der Waals surface area contributed by atoms with E-state index < -0.39 is 0 Å². The van der Waals surface area contributed by atoms with E-state index in [1.165, 1.54) is 0 Å². The minimum Gasteiger partial charge on any atom is -0.338 e. The van der Waals surface area contributed by atoms with E-state index >= 15 is 0 Å². The minimum absolute atomic E-state index is 0.0523. The number of thioether (sulfide) groups is 1. The number of halogens is 1. The van der Waals surface area contributed by atoms with Crippen LogP contribution in [0.1, 0.15) is 30.1 Å². The number of benzene rings is 1. The average molecular weight is 327 g/mol. The van der Waals surface area contributed by atoms with E-state index in [4.69, 9.17) is 11.6 Å². The van der Waals surface area contributed by atoms with Crippen LogP contribution in [0.2, 0.25) is 5.02 Å². The third kappa shape index (κ3) is 4.63. The zero-order chi connectivity index (χ0) is 15.2. The summed E-state index contributed by atoms with van der Waals surface area (Å²) in [6.45, 7) is 4.86. The number of carbonyl (C=O) groups is 1. The first-order valence-electron chi connectivity index (χ1n) is 7.41. The van der Waals surface area contributed by atoms with Crippen LogP contribution in [0.25, 0.3) is 0 Å². The molecule has 116 valence electrons. The predicted octanol–water partition coefficient (Wildman–Crippen LogP) is 3.29. The molecule has 1 aromatic carbocycles. The second kappa shape index (κ2) is 8.06. The molecular formula is C16H23ClN2OS. The average Bonchev–Trinajstić information content (AvgIpc) is 2.53. The summed E-state index contributed by atoms with van der Waals surface area (Å²) in [5.74, 6) is 0.0523. The summed E-state index contributed by atoms with van der Waals surface area (Å²) in [6.07, 6.45) is 4.16. The van der Waals surface area contributed by atoms with Crippen molar-refractivity contribution in [2.45, 2.75) is 31.1 Å². The van der Waals surface area contributed by atoms with Crippen molar-refractivity contribution in [3.63, 3.8) is 0 Å². The predicted molar refractivity (Wildman–Crippen MR) is 91.4 cm³/mol. The molecule has 21 heavy (non-hydrogen) atoms. The summed E-state index contributed by atoms with van der Waals surface area (Å²) in [5, 5.41) is 4.77. The molecule has 0 spiro atoms. The molecule has 0 radical (unpaired) electrons. The molecule has 5 heteroatoms. The van der Waals surface area contributed by atoms with E-state index in [-0.39, 0.29) is 5.91 Å². The van der Waals surface area contributed by atoms with Crippen LogP contribution in [0.5, 0.6) is 0 Å². The molecular weight excluding hydrogens is 304 g/mol. The Morgan fingerprint density at radius 2 is 2.10 bits per heavy atom. The highest BCUT2D eigenvalue weighted by molar-refractivity contribution is 7.99. The molecule has 1 atom stereocenters. The molecule has 1 fully saturated rings. The zero-order valence-electron chi connectivity index (χ0n) is 12.6. The molecule has 0 unspecified atom stereocenters. The Labute approximate surface area is 136 Å². The molecule has 2 rings (SSSR count). The maximum Gasteiger partial charge on any atom is 0.255 e. The lowest BCUT2D eigenvalue weighted by atomic mass is 10.0. The highest BCUT2D eigenvalue weighted by Crippen LogP contribution is 2.20. The van der Waals surface area contributed by atoms with Gasteiger partial charge in [-0.15, -0.1) is 0 Å². The molecule has 1 amide bonds. The van der Waals surface area contributed by atoms with E-state index in [0.717, 1.165) is 32.5 Å². The van der Waals surface area contributed by atoms with Crippen LogP contribution in [0.15, 0.2) is 24.3 Å². The van der Waals surface area contributed by atoms with E-state index in [9.17, 15) is 4.79 Å². The normalized spacial score (nSPS) is 17.8. The van der Waals surface area contributed by atoms with E-state index in [1.807, 2.05) is 28.8 Å². The maximum absolute atomic E-state index is 12.5. The second-order valence-electron chi connectivity index (χ2n) is 5.50. The Hall–Kier alpha value is -0.710. The molecule has 0 aromatic heterocycles. The first-order chi connectivity index (χ1) is 10.1. The van der Waals surface area contributed by atoms with Crippen LogP contribution >= 0.6 is 23.4 Å². The summed E-state index contributed by atoms with van der Waals surface area (Å²) >= 11 is 7.98. The fourth-order valence-electron chi connectivity index (χ4n) is 2.51. The summed E-state index contributed by atoms with van der Waals surface area (Å²) < 4.78 is 0. The Kier molecular flexibility index (Phi) is 6.40. The van der Waals surface area contributed by atoms with Crippen molar-refractivity contribution in [1.82, 2.24) is 10.2 Å². The number of hydrogen-bond donors (Lipinski definition) is 1. The fourth-order valence-corrected chi connectivity index (χ4v) is 2.99. The van der Waals surface area contributed by atoms with Crippen LogP contribution in [0, 0.1) is 0 Å². The highest BCUT2D eigenvalue weighted by Gasteiger charge is 2.24. The number of carbonyl (C=O) groups excluding carboxylic acids is 1. The quantitative estimate of drug-likeness (QED) is 0.901. The maximum atomic E-state index is 12.5. The van der Waals surface area contributed by atoms with Crippen LogP contribution in [0.3, 0.4) is 0 Å². The largest absolute Gasteiger partial charge is 0.338 e. The van der Waals surface area contributed by atoms with Gasteiger partial charge in [-0.3, -0.25) is 4.79 Å². The molecule has 0 bridgehead atoms. The molecule has 0 saturated carbocycles. The van der Waals surface area contributed by atoms with Crippen molar-refractivity contribution in [2.75, 3.05) is 25.9 Å². The van der Waals surface area contributed by atoms with Crippen molar-refractivity contribution in [3.8, 4) is 0 Å². The lowest BCUT2D eigenvalue weighted by Gasteiger charge is -2.33. The number of hydrogen-bond acceptors (Lipinski definition) is 3. The third-order valence-electron chi connectivity index (χ3n) is 3.98. The monoisotopic (exact) mass is 326 g/mol.